The molecule has 0 unspecified atom stereocenters. The predicted octanol–water partition coefficient (Wildman–Crippen LogP) is 3.66. The fourth-order valence-electron chi connectivity index (χ4n) is 2.68. The third-order valence-electron chi connectivity index (χ3n) is 4.14. The molecule has 1 aromatic heterocycles. The number of carbonyl (C=O) groups excluding carboxylic acids is 2. The van der Waals surface area contributed by atoms with Gasteiger partial charge in [-0.25, -0.2) is 0 Å². The molecule has 2 aromatic carbocycles. The van der Waals surface area contributed by atoms with Crippen LogP contribution in [-0.4, -0.2) is 34.9 Å². The number of amides is 2. The van der Waals surface area contributed by atoms with Crippen LogP contribution < -0.4 is 20.1 Å². The van der Waals surface area contributed by atoms with Crippen molar-refractivity contribution >= 4 is 29.0 Å². The molecule has 0 spiro atoms. The van der Waals surface area contributed by atoms with Crippen LogP contribution in [0.4, 0.5) is 17.2 Å². The lowest BCUT2D eigenvalue weighted by atomic mass is 10.2. The van der Waals surface area contributed by atoms with E-state index in [9.17, 15) is 19.7 Å². The summed E-state index contributed by atoms with van der Waals surface area (Å²) in [6.45, 7) is 2.01. The number of benzene rings is 2. The average molecular weight is 436 g/mol. The van der Waals surface area contributed by atoms with Gasteiger partial charge in [-0.2, -0.15) is 0 Å². The summed E-state index contributed by atoms with van der Waals surface area (Å²) >= 11 is 0. The van der Waals surface area contributed by atoms with Crippen molar-refractivity contribution in [2.75, 3.05) is 23.8 Å². The highest BCUT2D eigenvalue weighted by molar-refractivity contribution is 6.04. The Kier molecular flexibility index (Phi) is 7.31. The van der Waals surface area contributed by atoms with Crippen LogP contribution in [0, 0.1) is 10.1 Å². The van der Waals surface area contributed by atoms with Gasteiger partial charge in [0.25, 0.3) is 11.8 Å². The van der Waals surface area contributed by atoms with Crippen molar-refractivity contribution in [1.82, 2.24) is 4.98 Å². The number of rotatable bonds is 9. The smallest absolute Gasteiger partial charge is 0.406 e. The number of ether oxygens (including phenoxy) is 2. The second-order valence-corrected chi connectivity index (χ2v) is 6.41. The highest BCUT2D eigenvalue weighted by Gasteiger charge is 2.16. The van der Waals surface area contributed by atoms with E-state index in [1.54, 1.807) is 48.5 Å². The summed E-state index contributed by atoms with van der Waals surface area (Å²) in [4.78, 5) is 38.3. The summed E-state index contributed by atoms with van der Waals surface area (Å²) in [6, 6.07) is 16.1. The molecule has 10 nitrogen and oxygen atoms in total. The first-order valence-electron chi connectivity index (χ1n) is 9.62. The third kappa shape index (κ3) is 6.02. The molecule has 0 atom stereocenters. The minimum atomic E-state index is -0.690. The van der Waals surface area contributed by atoms with E-state index in [1.807, 2.05) is 6.92 Å². The Labute approximate surface area is 183 Å². The van der Waals surface area contributed by atoms with E-state index < -0.39 is 23.3 Å². The van der Waals surface area contributed by atoms with Gasteiger partial charge in [0.05, 0.1) is 6.61 Å². The van der Waals surface area contributed by atoms with Gasteiger partial charge in [0.15, 0.2) is 6.61 Å². The van der Waals surface area contributed by atoms with Gasteiger partial charge in [-0.3, -0.25) is 9.59 Å². The van der Waals surface area contributed by atoms with Crippen LogP contribution >= 0.6 is 0 Å². The zero-order chi connectivity index (χ0) is 22.9. The molecule has 0 aliphatic heterocycles. The van der Waals surface area contributed by atoms with Crippen LogP contribution in [0.15, 0.2) is 66.9 Å². The zero-order valence-corrected chi connectivity index (χ0v) is 17.1. The molecule has 0 aliphatic rings. The molecular formula is C22H20N4O6. The molecule has 32 heavy (non-hydrogen) atoms. The molecule has 3 aromatic rings. The first-order valence-corrected chi connectivity index (χ1v) is 9.62. The van der Waals surface area contributed by atoms with Gasteiger partial charge < -0.3 is 30.2 Å². The number of pyridine rings is 1. The summed E-state index contributed by atoms with van der Waals surface area (Å²) in [5.74, 6) is -0.682. The Morgan fingerprint density at radius 1 is 0.969 bits per heavy atom. The molecule has 2 N–H and O–H groups in total. The number of hydrogen-bond donors (Lipinski definition) is 2. The molecule has 0 fully saturated rings. The number of anilines is 2. The maximum Gasteiger partial charge on any atom is 0.406 e. The van der Waals surface area contributed by atoms with Gasteiger partial charge >= 0.3 is 5.82 Å². The summed E-state index contributed by atoms with van der Waals surface area (Å²) in [5.41, 5.74) is 1.47. The van der Waals surface area contributed by atoms with Crippen LogP contribution in [0.2, 0.25) is 0 Å². The van der Waals surface area contributed by atoms with Gasteiger partial charge in [0.2, 0.25) is 5.75 Å². The Hall–Kier alpha value is -4.47. The van der Waals surface area contributed by atoms with Gasteiger partial charge in [-0.05, 0) is 77.5 Å². The standard InChI is InChI=1S/C22H20N4O6/c1-2-31-18-11-9-17(10-12-18)25-22(28)15-5-7-16(8-6-15)24-20(27)14-32-19-4-3-13-23-21(19)26(29)30/h3-13H,2,14H2,1H3,(H,24,27)(H,25,28). The Balaban J connectivity index is 1.53. The second-order valence-electron chi connectivity index (χ2n) is 6.41. The van der Waals surface area contributed by atoms with Crippen molar-refractivity contribution in [3.05, 3.63) is 82.5 Å². The number of aromatic nitrogens is 1. The summed E-state index contributed by atoms with van der Waals surface area (Å²) in [6.07, 6.45) is 1.26. The molecule has 164 valence electrons. The lowest BCUT2D eigenvalue weighted by Crippen LogP contribution is -2.20. The second kappa shape index (κ2) is 10.5. The highest BCUT2D eigenvalue weighted by atomic mass is 16.6. The lowest BCUT2D eigenvalue weighted by Gasteiger charge is -2.09. The molecule has 3 rings (SSSR count). The largest absolute Gasteiger partial charge is 0.494 e. The first-order chi connectivity index (χ1) is 15.5. The van der Waals surface area contributed by atoms with Gasteiger partial charge in [-0.15, -0.1) is 0 Å². The van der Waals surface area contributed by atoms with Crippen molar-refractivity contribution in [2.45, 2.75) is 6.92 Å². The topological polar surface area (TPSA) is 133 Å². The van der Waals surface area contributed by atoms with E-state index in [4.69, 9.17) is 9.47 Å². The van der Waals surface area contributed by atoms with E-state index in [0.717, 1.165) is 0 Å². The minimum absolute atomic E-state index is 0.103. The number of hydrogen-bond acceptors (Lipinski definition) is 7. The van der Waals surface area contributed by atoms with Crippen molar-refractivity contribution in [3.8, 4) is 11.5 Å². The molecule has 0 saturated carbocycles. The summed E-state index contributed by atoms with van der Waals surface area (Å²) in [5, 5.41) is 16.3. The Morgan fingerprint density at radius 3 is 2.28 bits per heavy atom. The molecule has 0 radical (unpaired) electrons. The van der Waals surface area contributed by atoms with Crippen molar-refractivity contribution < 1.29 is 24.0 Å². The fourth-order valence-corrected chi connectivity index (χ4v) is 2.68. The van der Waals surface area contributed by atoms with Crippen LogP contribution in [0.3, 0.4) is 0 Å². The summed E-state index contributed by atoms with van der Waals surface area (Å²) < 4.78 is 10.6. The normalized spacial score (nSPS) is 10.2. The lowest BCUT2D eigenvalue weighted by molar-refractivity contribution is -0.390. The van der Waals surface area contributed by atoms with Gasteiger partial charge in [0.1, 0.15) is 11.9 Å². The maximum absolute atomic E-state index is 12.4. The highest BCUT2D eigenvalue weighted by Crippen LogP contribution is 2.23. The monoisotopic (exact) mass is 436 g/mol. The van der Waals surface area contributed by atoms with Gasteiger partial charge in [0, 0.05) is 16.9 Å². The molecule has 0 bridgehead atoms. The van der Waals surface area contributed by atoms with Crippen LogP contribution in [-0.2, 0) is 4.79 Å². The van der Waals surface area contributed by atoms with Gasteiger partial charge in [-0.1, -0.05) is 0 Å². The SMILES string of the molecule is CCOc1ccc(NC(=O)c2ccc(NC(=O)COc3cccnc3[N+](=O)[O-])cc2)cc1. The number of nitrogens with one attached hydrogen (secondary N) is 2. The van der Waals surface area contributed by atoms with Crippen molar-refractivity contribution in [1.29, 1.82) is 0 Å². The van der Waals surface area contributed by atoms with Crippen molar-refractivity contribution in [3.63, 3.8) is 0 Å². The molecular weight excluding hydrogens is 416 g/mol. The Bertz CT molecular complexity index is 1100. The number of nitrogens with zero attached hydrogens (tertiary/aromatic N) is 2. The van der Waals surface area contributed by atoms with E-state index in [2.05, 4.69) is 15.6 Å². The molecule has 0 aliphatic carbocycles. The van der Waals surface area contributed by atoms with Crippen LogP contribution in [0.25, 0.3) is 0 Å². The first kappa shape index (κ1) is 22.2. The predicted molar refractivity (Wildman–Crippen MR) is 117 cm³/mol. The molecule has 1 heterocycles. The van der Waals surface area contributed by atoms with E-state index in [0.29, 0.717) is 29.3 Å². The fraction of sp³-hybridized carbons (Fsp3) is 0.136. The van der Waals surface area contributed by atoms with E-state index in [-0.39, 0.29) is 11.7 Å². The number of nitro groups is 1. The van der Waals surface area contributed by atoms with Crippen LogP contribution in [0.1, 0.15) is 17.3 Å². The number of carbonyl (C=O) groups is 2. The Morgan fingerprint density at radius 2 is 1.62 bits per heavy atom. The zero-order valence-electron chi connectivity index (χ0n) is 17.1. The van der Waals surface area contributed by atoms with E-state index >= 15 is 0 Å². The molecule has 2 amide bonds. The average Bonchev–Trinajstić information content (AvgIpc) is 2.80. The molecule has 10 heteroatoms. The van der Waals surface area contributed by atoms with Crippen LogP contribution in [0.5, 0.6) is 11.5 Å². The minimum Gasteiger partial charge on any atom is -0.494 e. The maximum atomic E-state index is 12.4. The third-order valence-corrected chi connectivity index (χ3v) is 4.14. The van der Waals surface area contributed by atoms with E-state index in [1.165, 1.54) is 18.3 Å². The summed E-state index contributed by atoms with van der Waals surface area (Å²) in [7, 11) is 0. The van der Waals surface area contributed by atoms with Crippen molar-refractivity contribution in [2.24, 2.45) is 0 Å². The quantitative estimate of drug-likeness (QED) is 0.386. The molecule has 0 saturated heterocycles.